The summed E-state index contributed by atoms with van der Waals surface area (Å²) >= 11 is 0. The molecule has 2 heterocycles. The summed E-state index contributed by atoms with van der Waals surface area (Å²) in [5.74, 6) is -1.79. The number of phenolic OH excluding ortho intramolecular Hbond substituents is 8. The van der Waals surface area contributed by atoms with Crippen molar-refractivity contribution in [2.75, 3.05) is 0 Å². The lowest BCUT2D eigenvalue weighted by Gasteiger charge is -2.22. The Morgan fingerprint density at radius 1 is 0.365 bits per heavy atom. The lowest BCUT2D eigenvalue weighted by Crippen LogP contribution is -2.11. The van der Waals surface area contributed by atoms with Gasteiger partial charge in [-0.15, -0.1) is 0 Å². The number of fused-ring (bicyclic) bond motifs is 2. The highest BCUT2D eigenvalue weighted by Gasteiger charge is 2.44. The number of phenols is 8. The molecular formula is C42H32O10. The molecule has 260 valence electrons. The van der Waals surface area contributed by atoms with Crippen LogP contribution in [0, 0.1) is 0 Å². The second-order valence-electron chi connectivity index (χ2n) is 13.0. The van der Waals surface area contributed by atoms with Crippen molar-refractivity contribution in [2.45, 2.75) is 24.0 Å². The fraction of sp³-hybridized carbons (Fsp3) is 0.0952. The predicted octanol–water partition coefficient (Wildman–Crippen LogP) is 8.03. The molecule has 0 saturated carbocycles. The van der Waals surface area contributed by atoms with Crippen LogP contribution in [0.15, 0.2) is 109 Å². The van der Waals surface area contributed by atoms with Crippen molar-refractivity contribution in [3.05, 3.63) is 154 Å². The van der Waals surface area contributed by atoms with E-state index in [9.17, 15) is 40.9 Å². The van der Waals surface area contributed by atoms with Gasteiger partial charge in [0.15, 0.2) is 11.5 Å². The van der Waals surface area contributed by atoms with Crippen LogP contribution in [0.2, 0.25) is 0 Å². The fourth-order valence-electron chi connectivity index (χ4n) is 7.23. The van der Waals surface area contributed by atoms with Gasteiger partial charge >= 0.3 is 0 Å². The van der Waals surface area contributed by atoms with Crippen molar-refractivity contribution in [3.8, 4) is 57.5 Å². The minimum Gasteiger partial charge on any atom is -0.508 e. The van der Waals surface area contributed by atoms with Crippen LogP contribution in [0.5, 0.6) is 57.5 Å². The van der Waals surface area contributed by atoms with E-state index in [2.05, 4.69) is 0 Å². The first kappa shape index (κ1) is 32.3. The average Bonchev–Trinajstić information content (AvgIpc) is 3.69. The van der Waals surface area contributed by atoms with Gasteiger partial charge in [0, 0.05) is 17.2 Å². The van der Waals surface area contributed by atoms with Crippen molar-refractivity contribution >= 4 is 12.2 Å². The molecule has 0 fully saturated rings. The highest BCUT2D eigenvalue weighted by atomic mass is 16.5. The van der Waals surface area contributed by atoms with Crippen LogP contribution in [0.25, 0.3) is 12.2 Å². The van der Waals surface area contributed by atoms with Crippen molar-refractivity contribution in [1.82, 2.24) is 0 Å². The Kier molecular flexibility index (Phi) is 7.72. The van der Waals surface area contributed by atoms with Crippen LogP contribution < -0.4 is 9.47 Å². The molecule has 6 aromatic carbocycles. The summed E-state index contributed by atoms with van der Waals surface area (Å²) in [7, 11) is 0. The van der Waals surface area contributed by atoms with Gasteiger partial charge in [-0.25, -0.2) is 0 Å². The third-order valence-corrected chi connectivity index (χ3v) is 9.57. The number of rotatable bonds is 6. The van der Waals surface area contributed by atoms with E-state index in [4.69, 9.17) is 9.47 Å². The normalized spacial score (nSPS) is 18.8. The van der Waals surface area contributed by atoms with Gasteiger partial charge in [0.25, 0.3) is 0 Å². The van der Waals surface area contributed by atoms with Gasteiger partial charge in [-0.2, -0.15) is 0 Å². The molecule has 0 aromatic heterocycles. The van der Waals surface area contributed by atoms with Crippen LogP contribution >= 0.6 is 0 Å². The minimum atomic E-state index is -0.861. The summed E-state index contributed by atoms with van der Waals surface area (Å²) in [5.41, 5.74) is 4.48. The largest absolute Gasteiger partial charge is 0.508 e. The molecule has 8 N–H and O–H groups in total. The van der Waals surface area contributed by atoms with Gasteiger partial charge in [-0.1, -0.05) is 42.5 Å². The van der Waals surface area contributed by atoms with E-state index >= 15 is 0 Å². The van der Waals surface area contributed by atoms with Crippen molar-refractivity contribution in [2.24, 2.45) is 0 Å². The molecule has 2 aliphatic rings. The van der Waals surface area contributed by atoms with Crippen LogP contribution in [-0.4, -0.2) is 40.9 Å². The Bertz CT molecular complexity index is 2350. The molecule has 0 aliphatic carbocycles. The standard InChI is InChI=1S/C42H32O10/c43-27-8-3-21(4-9-27)1-2-22-13-33(49)39-35(14-22)51-41(23-5-10-28(44)11-6-23)38(39)26-18-34(50)40-36(19-26)52-42(24-7-12-31(47)32(48)17-24)37(40)25-15-29(45)20-30(46)16-25/h1-20,37-38,41-50H/b2-1+. The number of benzene rings is 6. The zero-order chi connectivity index (χ0) is 36.3. The molecule has 0 radical (unpaired) electrons. The lowest BCUT2D eigenvalue weighted by atomic mass is 9.81. The Balaban J connectivity index is 1.25. The first-order chi connectivity index (χ1) is 25.0. The SMILES string of the molecule is Oc1ccc(/C=C/c2cc(O)c3c(c2)OC(c2ccc(O)cc2)C3c2cc(O)c3c(c2)OC(c2ccc(O)c(O)c2)C3c2cc(O)cc(O)c2)cc1. The zero-order valence-electron chi connectivity index (χ0n) is 27.3. The zero-order valence-corrected chi connectivity index (χ0v) is 27.3. The highest BCUT2D eigenvalue weighted by Crippen LogP contribution is 2.58. The number of ether oxygens (including phenoxy) is 2. The number of hydrogen-bond acceptors (Lipinski definition) is 10. The molecular weight excluding hydrogens is 664 g/mol. The van der Waals surface area contributed by atoms with Crippen LogP contribution in [-0.2, 0) is 0 Å². The second kappa shape index (κ2) is 12.4. The molecule has 10 nitrogen and oxygen atoms in total. The molecule has 0 spiro atoms. The van der Waals surface area contributed by atoms with E-state index in [1.165, 1.54) is 30.3 Å². The molecule has 4 unspecified atom stereocenters. The predicted molar refractivity (Wildman–Crippen MR) is 191 cm³/mol. The maximum absolute atomic E-state index is 11.8. The summed E-state index contributed by atoms with van der Waals surface area (Å²) < 4.78 is 13.1. The molecule has 0 amide bonds. The highest BCUT2D eigenvalue weighted by molar-refractivity contribution is 5.73. The minimum absolute atomic E-state index is 0.0411. The average molecular weight is 697 g/mol. The smallest absolute Gasteiger partial charge is 0.157 e. The van der Waals surface area contributed by atoms with Crippen LogP contribution in [0.1, 0.15) is 68.6 Å². The molecule has 8 rings (SSSR count). The van der Waals surface area contributed by atoms with E-state index in [1.807, 2.05) is 12.2 Å². The number of hydrogen-bond donors (Lipinski definition) is 8. The third kappa shape index (κ3) is 5.75. The summed E-state index contributed by atoms with van der Waals surface area (Å²) in [6.45, 7) is 0. The lowest BCUT2D eigenvalue weighted by molar-refractivity contribution is 0.218. The van der Waals surface area contributed by atoms with Gasteiger partial charge in [-0.05, 0) is 106 Å². The van der Waals surface area contributed by atoms with Crippen LogP contribution in [0.4, 0.5) is 0 Å². The molecule has 0 saturated heterocycles. The van der Waals surface area contributed by atoms with Crippen molar-refractivity contribution < 1.29 is 50.3 Å². The van der Waals surface area contributed by atoms with Gasteiger partial charge in [0.2, 0.25) is 0 Å². The summed E-state index contributed by atoms with van der Waals surface area (Å²) in [4.78, 5) is 0. The van der Waals surface area contributed by atoms with E-state index in [-0.39, 0.29) is 51.7 Å². The molecule has 4 atom stereocenters. The van der Waals surface area contributed by atoms with E-state index in [1.54, 1.807) is 78.9 Å². The maximum Gasteiger partial charge on any atom is 0.157 e. The first-order valence-electron chi connectivity index (χ1n) is 16.4. The van der Waals surface area contributed by atoms with E-state index in [0.29, 0.717) is 44.7 Å². The topological polar surface area (TPSA) is 180 Å². The summed E-state index contributed by atoms with van der Waals surface area (Å²) in [6, 6.07) is 28.3. The molecule has 2 aliphatic heterocycles. The Morgan fingerprint density at radius 2 is 0.865 bits per heavy atom. The van der Waals surface area contributed by atoms with Gasteiger partial charge in [-0.3, -0.25) is 0 Å². The molecule has 6 aromatic rings. The van der Waals surface area contributed by atoms with Crippen molar-refractivity contribution in [1.29, 1.82) is 0 Å². The quantitative estimate of drug-likeness (QED) is 0.0627. The second-order valence-corrected chi connectivity index (χ2v) is 13.0. The van der Waals surface area contributed by atoms with E-state index < -0.39 is 24.0 Å². The molecule has 0 bridgehead atoms. The first-order valence-corrected chi connectivity index (χ1v) is 16.4. The molecule has 52 heavy (non-hydrogen) atoms. The van der Waals surface area contributed by atoms with Crippen LogP contribution in [0.3, 0.4) is 0 Å². The fourth-order valence-corrected chi connectivity index (χ4v) is 7.23. The Morgan fingerprint density at radius 3 is 1.50 bits per heavy atom. The van der Waals surface area contributed by atoms with Gasteiger partial charge < -0.3 is 50.3 Å². The monoisotopic (exact) mass is 696 g/mol. The van der Waals surface area contributed by atoms with E-state index in [0.717, 1.165) is 5.56 Å². The third-order valence-electron chi connectivity index (χ3n) is 9.57. The number of aromatic hydroxyl groups is 8. The van der Waals surface area contributed by atoms with Crippen molar-refractivity contribution in [3.63, 3.8) is 0 Å². The van der Waals surface area contributed by atoms with Gasteiger partial charge in [0.05, 0.1) is 11.8 Å². The Labute approximate surface area is 297 Å². The Hall–Kier alpha value is -6.94. The van der Waals surface area contributed by atoms with Gasteiger partial charge in [0.1, 0.15) is 58.2 Å². The summed E-state index contributed by atoms with van der Waals surface area (Å²) in [6.07, 6.45) is 2.10. The molecule has 10 heteroatoms. The summed E-state index contributed by atoms with van der Waals surface area (Å²) in [5, 5.41) is 84.2. The maximum atomic E-state index is 11.8.